The summed E-state index contributed by atoms with van der Waals surface area (Å²) in [4.78, 5) is 101. The van der Waals surface area contributed by atoms with Crippen molar-refractivity contribution in [2.45, 2.75) is 84.6 Å². The van der Waals surface area contributed by atoms with Gasteiger partial charge >= 0.3 is 5.97 Å². The molecule has 18 nitrogen and oxygen atoms in total. The second kappa shape index (κ2) is 19.4. The van der Waals surface area contributed by atoms with Gasteiger partial charge in [0.25, 0.3) is 0 Å². The molecule has 0 saturated carbocycles. The molecule has 1 aliphatic heterocycles. The fraction of sp³-hybridized carbons (Fsp3) is 0.724. The van der Waals surface area contributed by atoms with Crippen molar-refractivity contribution in [1.29, 1.82) is 0 Å². The molecule has 5 atom stereocenters. The van der Waals surface area contributed by atoms with Crippen LogP contribution in [0.1, 0.15) is 54.4 Å². The molecule has 47 heavy (non-hydrogen) atoms. The molecule has 0 bridgehead atoms. The first-order chi connectivity index (χ1) is 21.9. The molecule has 0 aromatic rings. The van der Waals surface area contributed by atoms with E-state index in [0.29, 0.717) is 6.42 Å². The molecule has 1 rings (SSSR count). The van der Waals surface area contributed by atoms with Gasteiger partial charge in [0.1, 0.15) is 30.2 Å². The largest absolute Gasteiger partial charge is 0.480 e. The molecule has 1 aliphatic rings. The quantitative estimate of drug-likeness (QED) is 0.0681. The average Bonchev–Trinajstić information content (AvgIpc) is 3.50. The van der Waals surface area contributed by atoms with Crippen LogP contribution in [0.5, 0.6) is 0 Å². The minimum Gasteiger partial charge on any atom is -0.480 e. The van der Waals surface area contributed by atoms with Crippen molar-refractivity contribution in [3.8, 4) is 0 Å². The number of amides is 7. The van der Waals surface area contributed by atoms with Crippen LogP contribution in [-0.4, -0.2) is 125 Å². The monoisotopic (exact) mass is 670 g/mol. The van der Waals surface area contributed by atoms with Gasteiger partial charge in [-0.3, -0.25) is 33.6 Å². The van der Waals surface area contributed by atoms with Gasteiger partial charge in [-0.15, -0.1) is 0 Å². The molecule has 10 N–H and O–H groups in total. The molecule has 266 valence electrons. The lowest BCUT2D eigenvalue weighted by molar-refractivity contribution is -0.143. The van der Waals surface area contributed by atoms with E-state index in [4.69, 9.17) is 5.73 Å². The number of aliphatic hydroxyl groups excluding tert-OH is 1. The Morgan fingerprint density at radius 3 is 1.72 bits per heavy atom. The maximum Gasteiger partial charge on any atom is 0.326 e. The van der Waals surface area contributed by atoms with Gasteiger partial charge in [-0.2, -0.15) is 0 Å². The summed E-state index contributed by atoms with van der Waals surface area (Å²) in [5.74, 6) is -7.26. The summed E-state index contributed by atoms with van der Waals surface area (Å²) in [6.45, 7) is 7.92. The number of aliphatic hydroxyl groups is 1. The van der Waals surface area contributed by atoms with Gasteiger partial charge in [0, 0.05) is 6.54 Å². The number of rotatable bonds is 18. The van der Waals surface area contributed by atoms with Crippen LogP contribution >= 0.6 is 0 Å². The van der Waals surface area contributed by atoms with Gasteiger partial charge in [-0.05, 0) is 30.6 Å². The van der Waals surface area contributed by atoms with Gasteiger partial charge in [0.05, 0.1) is 26.2 Å². The van der Waals surface area contributed by atoms with Crippen molar-refractivity contribution >= 4 is 47.3 Å². The van der Waals surface area contributed by atoms with E-state index in [2.05, 4.69) is 31.9 Å². The molecule has 0 aliphatic carbocycles. The standard InChI is InChI=1S/C29H50N8O10/c1-14(2)22(34-19(39)10-30)27(44)32-12-21(41)37-9-7-8-18(37)26(43)33-17(13-38)25(42)36-23(15(3)4)28(45)31-11-20(40)35-24(16(5)6)29(46)47/h14-18,22-24,38H,7-13,30H2,1-6H3,(H,31,45)(H,32,44)(H,33,43)(H,34,39)(H,35,40)(H,36,42)(H,46,47)/t17-,18-,22-,23-,24-/m0/s1. The number of aliphatic carboxylic acids is 1. The number of hydrogen-bond donors (Lipinski definition) is 9. The Kier molecular flexibility index (Phi) is 16.8. The summed E-state index contributed by atoms with van der Waals surface area (Å²) >= 11 is 0. The highest BCUT2D eigenvalue weighted by atomic mass is 16.4. The maximum atomic E-state index is 13.1. The molecule has 1 heterocycles. The van der Waals surface area contributed by atoms with E-state index in [1.165, 1.54) is 4.90 Å². The topological polar surface area (TPSA) is 278 Å². The highest BCUT2D eigenvalue weighted by Crippen LogP contribution is 2.18. The predicted octanol–water partition coefficient (Wildman–Crippen LogP) is -3.85. The lowest BCUT2D eigenvalue weighted by atomic mass is 10.0. The molecule has 18 heteroatoms. The van der Waals surface area contributed by atoms with Crippen LogP contribution in [0, 0.1) is 17.8 Å². The summed E-state index contributed by atoms with van der Waals surface area (Å²) < 4.78 is 0. The number of carboxylic acids is 1. The molecule has 0 aromatic heterocycles. The fourth-order valence-corrected chi connectivity index (χ4v) is 4.75. The van der Waals surface area contributed by atoms with Crippen molar-refractivity contribution in [2.75, 3.05) is 32.8 Å². The number of nitrogens with one attached hydrogen (secondary N) is 6. The third kappa shape index (κ3) is 12.8. The normalized spacial score (nSPS) is 16.9. The van der Waals surface area contributed by atoms with Crippen molar-refractivity contribution in [1.82, 2.24) is 36.8 Å². The minimum absolute atomic E-state index is 0.202. The number of nitrogens with two attached hydrogens (primary N) is 1. The molecule has 0 spiro atoms. The SMILES string of the molecule is CC(C)[C@H](NC(=O)CNC(=O)[C@@H](NC(=O)[C@H](CO)NC(=O)[C@@H]1CCCN1C(=O)CNC(=O)[C@@H](NC(=O)CN)C(C)C)C(C)C)C(=O)O. The first-order valence-corrected chi connectivity index (χ1v) is 15.5. The zero-order valence-corrected chi connectivity index (χ0v) is 27.8. The van der Waals surface area contributed by atoms with Crippen LogP contribution < -0.4 is 37.6 Å². The average molecular weight is 671 g/mol. The van der Waals surface area contributed by atoms with Gasteiger partial charge < -0.3 is 52.7 Å². The van der Waals surface area contributed by atoms with Crippen molar-refractivity contribution < 1.29 is 48.6 Å². The first-order valence-electron chi connectivity index (χ1n) is 15.5. The van der Waals surface area contributed by atoms with E-state index >= 15 is 0 Å². The maximum absolute atomic E-state index is 13.1. The Balaban J connectivity index is 2.81. The molecular formula is C29H50N8O10. The number of carbonyl (C=O) groups excluding carboxylic acids is 7. The van der Waals surface area contributed by atoms with Crippen LogP contribution in [0.2, 0.25) is 0 Å². The first kappa shape index (κ1) is 40.7. The lowest BCUT2D eigenvalue weighted by Gasteiger charge is -2.28. The van der Waals surface area contributed by atoms with E-state index in [1.54, 1.807) is 41.5 Å². The van der Waals surface area contributed by atoms with Crippen molar-refractivity contribution in [3.05, 3.63) is 0 Å². The Bertz CT molecular complexity index is 1160. The Morgan fingerprint density at radius 2 is 1.23 bits per heavy atom. The van der Waals surface area contributed by atoms with E-state index in [-0.39, 0.29) is 25.4 Å². The summed E-state index contributed by atoms with van der Waals surface area (Å²) in [6.07, 6.45) is 0.716. The molecule has 0 unspecified atom stereocenters. The van der Waals surface area contributed by atoms with Gasteiger partial charge in [0.15, 0.2) is 0 Å². The van der Waals surface area contributed by atoms with E-state index in [9.17, 15) is 48.6 Å². The highest BCUT2D eigenvalue weighted by Gasteiger charge is 2.37. The number of carbonyl (C=O) groups is 8. The number of carboxylic acid groups (broad SMARTS) is 1. The number of nitrogens with zero attached hydrogens (tertiary/aromatic N) is 1. The van der Waals surface area contributed by atoms with E-state index in [0.717, 1.165) is 0 Å². The lowest BCUT2D eigenvalue weighted by Crippen LogP contribution is -2.59. The molecule has 1 saturated heterocycles. The minimum atomic E-state index is -1.49. The van der Waals surface area contributed by atoms with Gasteiger partial charge in [-0.1, -0.05) is 41.5 Å². The summed E-state index contributed by atoms with van der Waals surface area (Å²) in [5.41, 5.74) is 5.30. The third-order valence-electron chi connectivity index (χ3n) is 7.48. The van der Waals surface area contributed by atoms with Crippen LogP contribution in [0.25, 0.3) is 0 Å². The second-order valence-corrected chi connectivity index (χ2v) is 12.3. The number of likely N-dealkylation sites (tertiary alicyclic amines) is 1. The number of hydrogen-bond acceptors (Lipinski definition) is 10. The molecule has 7 amide bonds. The Hall–Kier alpha value is -4.32. The molecule has 0 radical (unpaired) electrons. The van der Waals surface area contributed by atoms with Crippen LogP contribution in [0.4, 0.5) is 0 Å². The summed E-state index contributed by atoms with van der Waals surface area (Å²) in [6, 6.07) is -5.76. The predicted molar refractivity (Wildman–Crippen MR) is 167 cm³/mol. The molecular weight excluding hydrogens is 620 g/mol. The van der Waals surface area contributed by atoms with Crippen molar-refractivity contribution in [2.24, 2.45) is 23.5 Å². The third-order valence-corrected chi connectivity index (χ3v) is 7.48. The Morgan fingerprint density at radius 1 is 0.723 bits per heavy atom. The zero-order chi connectivity index (χ0) is 36.0. The zero-order valence-electron chi connectivity index (χ0n) is 27.8. The van der Waals surface area contributed by atoms with Gasteiger partial charge in [-0.25, -0.2) is 4.79 Å². The van der Waals surface area contributed by atoms with Gasteiger partial charge in [0.2, 0.25) is 41.4 Å². The van der Waals surface area contributed by atoms with E-state index < -0.39 is 109 Å². The Labute approximate surface area is 273 Å². The molecule has 1 fully saturated rings. The smallest absolute Gasteiger partial charge is 0.326 e. The highest BCUT2D eigenvalue weighted by molar-refractivity contribution is 5.96. The fourth-order valence-electron chi connectivity index (χ4n) is 4.75. The van der Waals surface area contributed by atoms with E-state index in [1.807, 2.05) is 0 Å². The summed E-state index contributed by atoms with van der Waals surface area (Å²) in [5, 5.41) is 33.6. The van der Waals surface area contributed by atoms with Crippen LogP contribution in [-0.2, 0) is 38.4 Å². The second-order valence-electron chi connectivity index (χ2n) is 12.3. The summed E-state index contributed by atoms with van der Waals surface area (Å²) in [7, 11) is 0. The molecule has 0 aromatic carbocycles. The van der Waals surface area contributed by atoms with Crippen LogP contribution in [0.15, 0.2) is 0 Å². The van der Waals surface area contributed by atoms with Crippen molar-refractivity contribution in [3.63, 3.8) is 0 Å². The van der Waals surface area contributed by atoms with Crippen LogP contribution in [0.3, 0.4) is 0 Å².